The third-order valence-electron chi connectivity index (χ3n) is 1.77. The van der Waals surface area contributed by atoms with Crippen LogP contribution >= 0.6 is 12.6 Å². The Labute approximate surface area is 91.9 Å². The summed E-state index contributed by atoms with van der Waals surface area (Å²) in [5, 5.41) is 11.1. The van der Waals surface area contributed by atoms with Crippen LogP contribution in [0, 0.1) is 0 Å². The molecule has 0 radical (unpaired) electrons. The first-order valence-corrected chi connectivity index (χ1v) is 4.96. The molecule has 0 spiro atoms. The molecule has 0 aliphatic rings. The number of aliphatic carboxylic acids is 1. The number of nitrogens with one attached hydrogen (secondary N) is 1. The van der Waals surface area contributed by atoms with Gasteiger partial charge in [0.15, 0.2) is 5.76 Å². The lowest BCUT2D eigenvalue weighted by atomic mass is 10.2. The molecule has 0 saturated heterocycles. The zero-order valence-corrected chi connectivity index (χ0v) is 8.74. The van der Waals surface area contributed by atoms with Crippen LogP contribution in [0.15, 0.2) is 22.8 Å². The summed E-state index contributed by atoms with van der Waals surface area (Å²) in [6, 6.07) is 2.10. The van der Waals surface area contributed by atoms with Crippen molar-refractivity contribution in [2.45, 2.75) is 12.5 Å². The molecule has 0 aliphatic carbocycles. The van der Waals surface area contributed by atoms with Crippen molar-refractivity contribution in [3.63, 3.8) is 0 Å². The molecule has 0 saturated carbocycles. The molecular weight excluding hydrogens is 218 g/mol. The van der Waals surface area contributed by atoms with Crippen LogP contribution < -0.4 is 5.32 Å². The minimum absolute atomic E-state index is 0.0976. The fourth-order valence-corrected chi connectivity index (χ4v) is 1.28. The van der Waals surface area contributed by atoms with E-state index in [1.54, 1.807) is 6.07 Å². The minimum Gasteiger partial charge on any atom is -0.480 e. The highest BCUT2D eigenvalue weighted by molar-refractivity contribution is 7.80. The van der Waals surface area contributed by atoms with Gasteiger partial charge in [-0.3, -0.25) is 4.79 Å². The zero-order valence-electron chi connectivity index (χ0n) is 7.84. The maximum Gasteiger partial charge on any atom is 0.326 e. The van der Waals surface area contributed by atoms with Crippen LogP contribution in [0.1, 0.15) is 17.0 Å². The smallest absolute Gasteiger partial charge is 0.326 e. The zero-order chi connectivity index (χ0) is 11.3. The van der Waals surface area contributed by atoms with E-state index in [9.17, 15) is 9.59 Å². The summed E-state index contributed by atoms with van der Waals surface area (Å²) in [7, 11) is 0. The lowest BCUT2D eigenvalue weighted by Crippen LogP contribution is -2.40. The van der Waals surface area contributed by atoms with Gasteiger partial charge in [0.25, 0.3) is 5.91 Å². The Morgan fingerprint density at radius 1 is 1.60 bits per heavy atom. The van der Waals surface area contributed by atoms with Crippen LogP contribution in [0.4, 0.5) is 0 Å². The predicted molar refractivity (Wildman–Crippen MR) is 56.1 cm³/mol. The van der Waals surface area contributed by atoms with Gasteiger partial charge in [0.05, 0.1) is 6.26 Å². The average molecular weight is 229 g/mol. The van der Waals surface area contributed by atoms with Gasteiger partial charge >= 0.3 is 5.97 Å². The van der Waals surface area contributed by atoms with E-state index in [1.807, 2.05) is 0 Å². The van der Waals surface area contributed by atoms with E-state index >= 15 is 0 Å². The molecule has 1 amide bonds. The Balaban J connectivity index is 2.59. The number of carbonyl (C=O) groups is 2. The number of rotatable bonds is 5. The number of furan rings is 1. The molecule has 1 rings (SSSR count). The Morgan fingerprint density at radius 2 is 2.33 bits per heavy atom. The summed E-state index contributed by atoms with van der Waals surface area (Å²) in [5.74, 6) is -1.13. The number of carbonyl (C=O) groups excluding carboxylic acids is 1. The van der Waals surface area contributed by atoms with E-state index in [-0.39, 0.29) is 12.2 Å². The fraction of sp³-hybridized carbons (Fsp3) is 0.333. The second kappa shape index (κ2) is 5.45. The maximum absolute atomic E-state index is 11.4. The Kier molecular flexibility index (Phi) is 4.23. The molecule has 5 nitrogen and oxygen atoms in total. The van der Waals surface area contributed by atoms with Crippen LogP contribution in [-0.4, -0.2) is 28.8 Å². The molecule has 15 heavy (non-hydrogen) atoms. The summed E-state index contributed by atoms with van der Waals surface area (Å²) in [6.45, 7) is 0. The fourth-order valence-electron chi connectivity index (χ4n) is 1.02. The largest absolute Gasteiger partial charge is 0.480 e. The Bertz CT molecular complexity index is 336. The molecule has 1 unspecified atom stereocenters. The van der Waals surface area contributed by atoms with Crippen LogP contribution in [0.3, 0.4) is 0 Å². The van der Waals surface area contributed by atoms with Crippen LogP contribution in [-0.2, 0) is 4.79 Å². The lowest BCUT2D eigenvalue weighted by Gasteiger charge is -2.11. The molecule has 1 aromatic heterocycles. The van der Waals surface area contributed by atoms with Gasteiger partial charge in [0.1, 0.15) is 6.04 Å². The molecule has 0 fully saturated rings. The highest BCUT2D eigenvalue weighted by Crippen LogP contribution is 2.02. The summed E-state index contributed by atoms with van der Waals surface area (Å²) >= 11 is 3.91. The highest BCUT2D eigenvalue weighted by Gasteiger charge is 2.20. The van der Waals surface area contributed by atoms with Crippen LogP contribution in [0.25, 0.3) is 0 Å². The number of carboxylic acids is 1. The molecule has 6 heteroatoms. The van der Waals surface area contributed by atoms with Crippen molar-refractivity contribution in [2.24, 2.45) is 0 Å². The number of hydrogen-bond acceptors (Lipinski definition) is 4. The van der Waals surface area contributed by atoms with E-state index in [1.165, 1.54) is 12.3 Å². The van der Waals surface area contributed by atoms with E-state index in [4.69, 9.17) is 9.52 Å². The van der Waals surface area contributed by atoms with Crippen LogP contribution in [0.5, 0.6) is 0 Å². The lowest BCUT2D eigenvalue weighted by molar-refractivity contribution is -0.139. The molecule has 0 aromatic carbocycles. The van der Waals surface area contributed by atoms with Crippen molar-refractivity contribution < 1.29 is 19.1 Å². The SMILES string of the molecule is O=C(NC(CCS)C(=O)O)c1ccco1. The third-order valence-corrected chi connectivity index (χ3v) is 2.02. The van der Waals surface area contributed by atoms with E-state index < -0.39 is 17.9 Å². The van der Waals surface area contributed by atoms with Gasteiger partial charge < -0.3 is 14.8 Å². The summed E-state index contributed by atoms with van der Waals surface area (Å²) < 4.78 is 4.83. The molecule has 1 aromatic rings. The van der Waals surface area contributed by atoms with Gasteiger partial charge in [-0.05, 0) is 24.3 Å². The van der Waals surface area contributed by atoms with Crippen molar-refractivity contribution in [2.75, 3.05) is 5.75 Å². The van der Waals surface area contributed by atoms with Gasteiger partial charge in [-0.15, -0.1) is 0 Å². The number of hydrogen-bond donors (Lipinski definition) is 3. The molecule has 2 N–H and O–H groups in total. The quantitative estimate of drug-likeness (QED) is 0.652. The minimum atomic E-state index is -1.08. The van der Waals surface area contributed by atoms with Gasteiger partial charge in [0.2, 0.25) is 0 Å². The van der Waals surface area contributed by atoms with Crippen molar-refractivity contribution in [1.82, 2.24) is 5.32 Å². The summed E-state index contributed by atoms with van der Waals surface area (Å²) in [5.41, 5.74) is 0. The number of amides is 1. The third kappa shape index (κ3) is 3.32. The molecule has 82 valence electrons. The van der Waals surface area contributed by atoms with Gasteiger partial charge in [-0.1, -0.05) is 0 Å². The summed E-state index contributed by atoms with van der Waals surface area (Å²) in [4.78, 5) is 22.1. The summed E-state index contributed by atoms with van der Waals surface area (Å²) in [6.07, 6.45) is 1.62. The van der Waals surface area contributed by atoms with Gasteiger partial charge in [-0.2, -0.15) is 12.6 Å². The first kappa shape index (κ1) is 11.6. The van der Waals surface area contributed by atoms with Crippen molar-refractivity contribution in [3.05, 3.63) is 24.2 Å². The number of thiol groups is 1. The molecule has 1 atom stereocenters. The molecule has 0 aliphatic heterocycles. The average Bonchev–Trinajstić information content (AvgIpc) is 2.69. The topological polar surface area (TPSA) is 79.5 Å². The highest BCUT2D eigenvalue weighted by atomic mass is 32.1. The maximum atomic E-state index is 11.4. The van der Waals surface area contributed by atoms with Crippen molar-refractivity contribution in [3.8, 4) is 0 Å². The number of carboxylic acid groups (broad SMARTS) is 1. The Morgan fingerprint density at radius 3 is 2.80 bits per heavy atom. The van der Waals surface area contributed by atoms with E-state index in [2.05, 4.69) is 17.9 Å². The first-order chi connectivity index (χ1) is 7.15. The Hall–Kier alpha value is -1.43. The second-order valence-electron chi connectivity index (χ2n) is 2.85. The van der Waals surface area contributed by atoms with Crippen LogP contribution in [0.2, 0.25) is 0 Å². The van der Waals surface area contributed by atoms with E-state index in [0.29, 0.717) is 5.75 Å². The van der Waals surface area contributed by atoms with Crippen molar-refractivity contribution in [1.29, 1.82) is 0 Å². The monoisotopic (exact) mass is 229 g/mol. The van der Waals surface area contributed by atoms with Gasteiger partial charge in [-0.25, -0.2) is 4.79 Å². The van der Waals surface area contributed by atoms with E-state index in [0.717, 1.165) is 0 Å². The molecule has 1 heterocycles. The first-order valence-electron chi connectivity index (χ1n) is 4.33. The molecule has 0 bridgehead atoms. The normalized spacial score (nSPS) is 12.1. The standard InChI is InChI=1S/C9H11NO4S/c11-8(7-2-1-4-14-7)10-6(3-5-15)9(12)13/h1-2,4,6,15H,3,5H2,(H,10,11)(H,12,13). The van der Waals surface area contributed by atoms with Crippen molar-refractivity contribution >= 4 is 24.5 Å². The predicted octanol–water partition coefficient (Wildman–Crippen LogP) is 0.783. The molecular formula is C9H11NO4S. The van der Waals surface area contributed by atoms with Gasteiger partial charge in [0, 0.05) is 0 Å². The second-order valence-corrected chi connectivity index (χ2v) is 3.30.